The van der Waals surface area contributed by atoms with E-state index in [1.807, 2.05) is 97.9 Å². The Hall–Kier alpha value is -2.64. The van der Waals surface area contributed by atoms with Gasteiger partial charge in [0.1, 0.15) is 18.3 Å². The van der Waals surface area contributed by atoms with Crippen LogP contribution in [0.2, 0.25) is 0 Å². The van der Waals surface area contributed by atoms with Crippen LogP contribution in [0.4, 0.5) is 0 Å². The smallest absolute Gasteiger partial charge is 0.303 e. The van der Waals surface area contributed by atoms with Crippen molar-refractivity contribution in [2.75, 3.05) is 13.2 Å². The van der Waals surface area contributed by atoms with Gasteiger partial charge in [-0.2, -0.15) is 0 Å². The molecular formula is C30H35O7P. The first-order valence-corrected chi connectivity index (χ1v) is 14.1. The van der Waals surface area contributed by atoms with Crippen molar-refractivity contribution >= 4 is 14.3 Å². The molecule has 0 bridgehead atoms. The van der Waals surface area contributed by atoms with Crippen molar-refractivity contribution in [3.05, 3.63) is 108 Å². The molecule has 1 heterocycles. The maximum absolute atomic E-state index is 12.1. The zero-order chi connectivity index (χ0) is 26.6. The Morgan fingerprint density at radius 2 is 1.26 bits per heavy atom. The van der Waals surface area contributed by atoms with Gasteiger partial charge >= 0.3 is 5.97 Å². The molecule has 0 spiro atoms. The average molecular weight is 539 g/mol. The van der Waals surface area contributed by atoms with Crippen LogP contribution in [0.15, 0.2) is 91.0 Å². The highest BCUT2D eigenvalue weighted by atomic mass is 31.2. The molecule has 0 radical (unpaired) electrons. The molecule has 1 aliphatic rings. The molecule has 1 saturated heterocycles. The minimum Gasteiger partial charge on any atom is -0.450 e. The van der Waals surface area contributed by atoms with Gasteiger partial charge in [0.05, 0.1) is 33.0 Å². The monoisotopic (exact) mass is 538 g/mol. The number of benzene rings is 3. The molecule has 8 heteroatoms. The molecule has 5 atom stereocenters. The molecule has 1 aliphatic heterocycles. The SMILES string of the molecule is CCO[P@]1O[C@H](COCc2ccccc2)[C@@H](OCc2ccccc2)[C@H](OCc2ccccc2)[C@H]1OC(C)=O. The van der Waals surface area contributed by atoms with E-state index in [9.17, 15) is 4.79 Å². The molecule has 0 unspecified atom stereocenters. The fraction of sp³-hybridized carbons (Fsp3) is 0.367. The second kappa shape index (κ2) is 15.1. The van der Waals surface area contributed by atoms with Crippen LogP contribution in [0.25, 0.3) is 0 Å². The third kappa shape index (κ3) is 8.43. The first kappa shape index (κ1) is 28.4. The van der Waals surface area contributed by atoms with Crippen LogP contribution < -0.4 is 0 Å². The predicted molar refractivity (Wildman–Crippen MR) is 145 cm³/mol. The van der Waals surface area contributed by atoms with Gasteiger partial charge in [0, 0.05) is 6.92 Å². The zero-order valence-electron chi connectivity index (χ0n) is 21.8. The summed E-state index contributed by atoms with van der Waals surface area (Å²) in [5, 5.41) is 0. The van der Waals surface area contributed by atoms with Gasteiger partial charge in [-0.3, -0.25) is 4.79 Å². The van der Waals surface area contributed by atoms with Gasteiger partial charge in [0.25, 0.3) is 0 Å². The van der Waals surface area contributed by atoms with Crippen LogP contribution in [0.3, 0.4) is 0 Å². The zero-order valence-corrected chi connectivity index (χ0v) is 22.7. The summed E-state index contributed by atoms with van der Waals surface area (Å²) in [5.74, 6) is -1.18. The Bertz CT molecular complexity index is 1080. The van der Waals surface area contributed by atoms with Crippen molar-refractivity contribution in [2.24, 2.45) is 0 Å². The first-order valence-electron chi connectivity index (χ1n) is 12.8. The summed E-state index contributed by atoms with van der Waals surface area (Å²) in [5.41, 5.74) is 3.08. The van der Waals surface area contributed by atoms with E-state index in [-0.39, 0.29) is 6.61 Å². The third-order valence-electron chi connectivity index (χ3n) is 5.93. The highest BCUT2D eigenvalue weighted by molar-refractivity contribution is 7.48. The minimum absolute atomic E-state index is 0.262. The van der Waals surface area contributed by atoms with Crippen LogP contribution in [0, 0.1) is 0 Å². The standard InChI is InChI=1S/C30H35O7P/c1-3-35-38-30(36-23(2)31)29(34-21-26-17-11-6-12-18-26)28(33-20-25-15-9-5-10-16-25)27(37-38)22-32-19-24-13-7-4-8-14-24/h4-18,27-30H,3,19-22H2,1-2H3/t27-,28-,29+,30+,38-/m1/s1. The van der Waals surface area contributed by atoms with Crippen LogP contribution >= 0.6 is 8.38 Å². The number of esters is 1. The maximum Gasteiger partial charge on any atom is 0.303 e. The van der Waals surface area contributed by atoms with Gasteiger partial charge in [0.15, 0.2) is 5.85 Å². The van der Waals surface area contributed by atoms with Gasteiger partial charge in [-0.15, -0.1) is 0 Å². The Kier molecular flexibility index (Phi) is 11.3. The lowest BCUT2D eigenvalue weighted by molar-refractivity contribution is -0.189. The topological polar surface area (TPSA) is 72.5 Å². The maximum atomic E-state index is 12.1. The summed E-state index contributed by atoms with van der Waals surface area (Å²) in [6.45, 7) is 5.02. The van der Waals surface area contributed by atoms with Crippen LogP contribution in [0.5, 0.6) is 0 Å². The van der Waals surface area contributed by atoms with E-state index in [0.29, 0.717) is 26.4 Å². The molecule has 0 saturated carbocycles. The van der Waals surface area contributed by atoms with Crippen LogP contribution in [-0.2, 0) is 52.6 Å². The lowest BCUT2D eigenvalue weighted by Crippen LogP contribution is -2.54. The largest absolute Gasteiger partial charge is 0.450 e. The number of carbonyl (C=O) groups is 1. The quantitative estimate of drug-likeness (QED) is 0.195. The molecule has 7 nitrogen and oxygen atoms in total. The lowest BCUT2D eigenvalue weighted by atomic mass is 10.1. The molecule has 0 amide bonds. The van der Waals surface area contributed by atoms with Crippen molar-refractivity contribution in [2.45, 2.75) is 57.8 Å². The van der Waals surface area contributed by atoms with E-state index in [0.717, 1.165) is 16.7 Å². The molecule has 38 heavy (non-hydrogen) atoms. The molecule has 1 fully saturated rings. The van der Waals surface area contributed by atoms with E-state index in [1.54, 1.807) is 0 Å². The highest BCUT2D eigenvalue weighted by Gasteiger charge is 2.51. The van der Waals surface area contributed by atoms with Gasteiger partial charge in [-0.1, -0.05) is 91.0 Å². The number of rotatable bonds is 13. The van der Waals surface area contributed by atoms with Crippen molar-refractivity contribution in [1.82, 2.24) is 0 Å². The molecule has 4 rings (SSSR count). The summed E-state index contributed by atoms with van der Waals surface area (Å²) in [6.07, 6.45) is -1.69. The van der Waals surface area contributed by atoms with Gasteiger partial charge in [-0.25, -0.2) is 0 Å². The lowest BCUT2D eigenvalue weighted by Gasteiger charge is -2.44. The summed E-state index contributed by atoms with van der Waals surface area (Å²) in [7, 11) is -1.62. The average Bonchev–Trinajstić information content (AvgIpc) is 2.94. The second-order valence-electron chi connectivity index (χ2n) is 8.87. The fourth-order valence-electron chi connectivity index (χ4n) is 4.16. The van der Waals surface area contributed by atoms with Crippen LogP contribution in [0.1, 0.15) is 30.5 Å². The Labute approximate surface area is 225 Å². The second-order valence-corrected chi connectivity index (χ2v) is 10.4. The van der Waals surface area contributed by atoms with Crippen LogP contribution in [-0.4, -0.2) is 43.3 Å². The molecular weight excluding hydrogens is 503 g/mol. The van der Waals surface area contributed by atoms with Gasteiger partial charge < -0.3 is 28.0 Å². The number of hydrogen-bond acceptors (Lipinski definition) is 7. The van der Waals surface area contributed by atoms with E-state index in [4.69, 9.17) is 28.0 Å². The number of hydrogen-bond donors (Lipinski definition) is 0. The molecule has 0 N–H and O–H groups in total. The van der Waals surface area contributed by atoms with Crippen molar-refractivity contribution in [3.8, 4) is 0 Å². The normalized spacial score (nSPS) is 23.2. The van der Waals surface area contributed by atoms with E-state index >= 15 is 0 Å². The molecule has 202 valence electrons. The van der Waals surface area contributed by atoms with E-state index in [2.05, 4.69) is 0 Å². The van der Waals surface area contributed by atoms with E-state index < -0.39 is 38.5 Å². The third-order valence-corrected chi connectivity index (χ3v) is 7.73. The minimum atomic E-state index is -1.62. The first-order chi connectivity index (χ1) is 18.6. The predicted octanol–water partition coefficient (Wildman–Crippen LogP) is 6.01. The Morgan fingerprint density at radius 3 is 1.76 bits per heavy atom. The number of ether oxygens (including phenoxy) is 4. The van der Waals surface area contributed by atoms with Crippen molar-refractivity contribution in [1.29, 1.82) is 0 Å². The molecule has 3 aromatic rings. The fourth-order valence-corrected chi connectivity index (χ4v) is 5.92. The summed E-state index contributed by atoms with van der Waals surface area (Å²) in [6, 6.07) is 29.7. The Morgan fingerprint density at radius 1 is 0.763 bits per heavy atom. The van der Waals surface area contributed by atoms with Crippen molar-refractivity contribution in [3.63, 3.8) is 0 Å². The Balaban J connectivity index is 1.58. The summed E-state index contributed by atoms with van der Waals surface area (Å²) >= 11 is 0. The molecule has 3 aromatic carbocycles. The summed E-state index contributed by atoms with van der Waals surface area (Å²) in [4.78, 5) is 12.1. The summed E-state index contributed by atoms with van der Waals surface area (Å²) < 4.78 is 37.1. The highest BCUT2D eigenvalue weighted by Crippen LogP contribution is 2.53. The van der Waals surface area contributed by atoms with Gasteiger partial charge in [-0.05, 0) is 23.6 Å². The molecule has 0 aliphatic carbocycles. The van der Waals surface area contributed by atoms with Gasteiger partial charge in [0.2, 0.25) is 8.38 Å². The van der Waals surface area contributed by atoms with E-state index in [1.165, 1.54) is 6.92 Å². The van der Waals surface area contributed by atoms with Crippen molar-refractivity contribution < 1.29 is 32.8 Å². The molecule has 0 aromatic heterocycles. The number of carbonyl (C=O) groups excluding carboxylic acids is 1.